The number of hydrogen-bond donors (Lipinski definition) is 1. The highest BCUT2D eigenvalue weighted by Crippen LogP contribution is 2.23. The quantitative estimate of drug-likeness (QED) is 0.807. The second-order valence-electron chi connectivity index (χ2n) is 4.22. The molecule has 0 aromatic carbocycles. The number of aromatic nitrogens is 1. The van der Waals surface area contributed by atoms with Gasteiger partial charge in [-0.1, -0.05) is 0 Å². The van der Waals surface area contributed by atoms with Crippen LogP contribution in [0.4, 0.5) is 0 Å². The van der Waals surface area contributed by atoms with Gasteiger partial charge in [0.05, 0.1) is 5.54 Å². The van der Waals surface area contributed by atoms with Gasteiger partial charge in [0.1, 0.15) is 5.01 Å². The molecule has 1 heterocycles. The molecule has 0 aliphatic carbocycles. The summed E-state index contributed by atoms with van der Waals surface area (Å²) >= 11 is 1.72. The fourth-order valence-corrected chi connectivity index (χ4v) is 2.31. The van der Waals surface area contributed by atoms with Crippen molar-refractivity contribution in [2.45, 2.75) is 46.2 Å². The van der Waals surface area contributed by atoms with E-state index in [-0.39, 0.29) is 5.54 Å². The lowest BCUT2D eigenvalue weighted by Crippen LogP contribution is -2.40. The Hall–Kier alpha value is -0.410. The Morgan fingerprint density at radius 2 is 2.08 bits per heavy atom. The molecule has 0 aliphatic rings. The van der Waals surface area contributed by atoms with Gasteiger partial charge in [0.15, 0.2) is 0 Å². The molecule has 0 aliphatic heterocycles. The summed E-state index contributed by atoms with van der Waals surface area (Å²) in [5, 5.41) is 6.76. The molecule has 74 valence electrons. The van der Waals surface area contributed by atoms with Gasteiger partial charge >= 0.3 is 0 Å². The van der Waals surface area contributed by atoms with Crippen LogP contribution in [0.25, 0.3) is 0 Å². The molecular weight excluding hydrogens is 180 g/mol. The van der Waals surface area contributed by atoms with E-state index in [1.54, 1.807) is 11.3 Å². The van der Waals surface area contributed by atoms with Crippen molar-refractivity contribution in [3.05, 3.63) is 16.1 Å². The van der Waals surface area contributed by atoms with Gasteiger partial charge in [-0.3, -0.25) is 0 Å². The third-order valence-corrected chi connectivity index (χ3v) is 3.09. The van der Waals surface area contributed by atoms with Crippen LogP contribution in [0.2, 0.25) is 0 Å². The van der Waals surface area contributed by atoms with E-state index in [1.807, 2.05) is 6.92 Å². The van der Waals surface area contributed by atoms with E-state index in [0.29, 0.717) is 6.04 Å². The maximum Gasteiger partial charge on any atom is 0.112 e. The average Bonchev–Trinajstić information content (AvgIpc) is 2.32. The molecule has 13 heavy (non-hydrogen) atoms. The summed E-state index contributed by atoms with van der Waals surface area (Å²) in [6, 6.07) is 0.485. The lowest BCUT2D eigenvalue weighted by Gasteiger charge is -2.26. The van der Waals surface area contributed by atoms with Gasteiger partial charge in [-0.25, -0.2) is 4.98 Å². The molecule has 3 heteroatoms. The standard InChI is InChI=1S/C10H18N2S/c1-7(2)12-10(4,5)9-11-8(3)6-13-9/h6-7,12H,1-5H3. The smallest absolute Gasteiger partial charge is 0.112 e. The van der Waals surface area contributed by atoms with E-state index in [4.69, 9.17) is 0 Å². The highest BCUT2D eigenvalue weighted by molar-refractivity contribution is 7.09. The van der Waals surface area contributed by atoms with Crippen molar-refractivity contribution >= 4 is 11.3 Å². The topological polar surface area (TPSA) is 24.9 Å². The van der Waals surface area contributed by atoms with E-state index >= 15 is 0 Å². The van der Waals surface area contributed by atoms with Crippen LogP contribution in [-0.4, -0.2) is 11.0 Å². The van der Waals surface area contributed by atoms with Crippen molar-refractivity contribution < 1.29 is 0 Å². The summed E-state index contributed by atoms with van der Waals surface area (Å²) in [4.78, 5) is 4.49. The molecule has 0 spiro atoms. The van der Waals surface area contributed by atoms with Gasteiger partial charge in [-0.2, -0.15) is 0 Å². The third kappa shape index (κ3) is 2.78. The maximum absolute atomic E-state index is 4.49. The van der Waals surface area contributed by atoms with Crippen LogP contribution in [-0.2, 0) is 5.54 Å². The van der Waals surface area contributed by atoms with Crippen LogP contribution in [0, 0.1) is 6.92 Å². The van der Waals surface area contributed by atoms with Crippen molar-refractivity contribution in [2.75, 3.05) is 0 Å². The molecule has 1 aromatic heterocycles. The van der Waals surface area contributed by atoms with Gasteiger partial charge in [-0.05, 0) is 34.6 Å². The minimum absolute atomic E-state index is 0.00685. The number of aryl methyl sites for hydroxylation is 1. The fourth-order valence-electron chi connectivity index (χ4n) is 1.42. The lowest BCUT2D eigenvalue weighted by molar-refractivity contribution is 0.364. The molecule has 1 N–H and O–H groups in total. The molecular formula is C10H18N2S. The molecule has 0 saturated carbocycles. The van der Waals surface area contributed by atoms with Crippen LogP contribution >= 0.6 is 11.3 Å². The molecule has 0 bridgehead atoms. The molecule has 2 nitrogen and oxygen atoms in total. The van der Waals surface area contributed by atoms with Crippen molar-refractivity contribution in [1.29, 1.82) is 0 Å². The van der Waals surface area contributed by atoms with E-state index < -0.39 is 0 Å². The second-order valence-corrected chi connectivity index (χ2v) is 5.08. The molecule has 0 amide bonds. The fraction of sp³-hybridized carbons (Fsp3) is 0.700. The second kappa shape index (κ2) is 3.76. The predicted octanol–water partition coefficient (Wildman–Crippen LogP) is 2.68. The zero-order valence-electron chi connectivity index (χ0n) is 9.01. The third-order valence-electron chi connectivity index (χ3n) is 1.80. The SMILES string of the molecule is Cc1csc(C(C)(C)NC(C)C)n1. The van der Waals surface area contributed by atoms with Crippen LogP contribution in [0.5, 0.6) is 0 Å². The first kappa shape index (κ1) is 10.7. The summed E-state index contributed by atoms with van der Waals surface area (Å²) in [6.45, 7) is 10.7. The van der Waals surface area contributed by atoms with Gasteiger partial charge < -0.3 is 5.32 Å². The van der Waals surface area contributed by atoms with Crippen molar-refractivity contribution in [3.63, 3.8) is 0 Å². The van der Waals surface area contributed by atoms with Gasteiger partial charge in [0.25, 0.3) is 0 Å². The molecule has 0 saturated heterocycles. The van der Waals surface area contributed by atoms with E-state index in [1.165, 1.54) is 5.01 Å². The van der Waals surface area contributed by atoms with Crippen molar-refractivity contribution in [3.8, 4) is 0 Å². The lowest BCUT2D eigenvalue weighted by atomic mass is 10.1. The number of nitrogens with one attached hydrogen (secondary N) is 1. The Morgan fingerprint density at radius 1 is 1.46 bits per heavy atom. The van der Waals surface area contributed by atoms with E-state index in [2.05, 4.69) is 43.4 Å². The number of hydrogen-bond acceptors (Lipinski definition) is 3. The number of thiazole rings is 1. The molecule has 0 radical (unpaired) electrons. The molecule has 0 fully saturated rings. The zero-order valence-corrected chi connectivity index (χ0v) is 9.83. The van der Waals surface area contributed by atoms with Gasteiger partial charge in [-0.15, -0.1) is 11.3 Å². The Morgan fingerprint density at radius 3 is 2.46 bits per heavy atom. The monoisotopic (exact) mass is 198 g/mol. The molecule has 1 aromatic rings. The van der Waals surface area contributed by atoms with Gasteiger partial charge in [0.2, 0.25) is 0 Å². The normalized spacial score (nSPS) is 12.5. The summed E-state index contributed by atoms with van der Waals surface area (Å²) in [5.41, 5.74) is 1.10. The van der Waals surface area contributed by atoms with Crippen LogP contribution in [0.3, 0.4) is 0 Å². The Kier molecular flexibility index (Phi) is 3.09. The molecule has 0 atom stereocenters. The highest BCUT2D eigenvalue weighted by atomic mass is 32.1. The first-order valence-corrected chi connectivity index (χ1v) is 5.50. The summed E-state index contributed by atoms with van der Waals surface area (Å²) in [6.07, 6.45) is 0. The number of rotatable bonds is 3. The molecule has 1 rings (SSSR count). The van der Waals surface area contributed by atoms with E-state index in [0.717, 1.165) is 5.69 Å². The maximum atomic E-state index is 4.49. The average molecular weight is 198 g/mol. The highest BCUT2D eigenvalue weighted by Gasteiger charge is 2.23. The zero-order chi connectivity index (χ0) is 10.1. The van der Waals surface area contributed by atoms with Crippen molar-refractivity contribution in [2.24, 2.45) is 0 Å². The van der Waals surface area contributed by atoms with Crippen molar-refractivity contribution in [1.82, 2.24) is 10.3 Å². The molecule has 0 unspecified atom stereocenters. The summed E-state index contributed by atoms with van der Waals surface area (Å²) in [5.74, 6) is 0. The predicted molar refractivity (Wildman–Crippen MR) is 58.1 cm³/mol. The van der Waals surface area contributed by atoms with Crippen LogP contribution in [0.15, 0.2) is 5.38 Å². The Bertz CT molecular complexity index is 276. The van der Waals surface area contributed by atoms with Crippen LogP contribution in [0.1, 0.15) is 38.4 Å². The first-order chi connectivity index (χ1) is 5.92. The number of nitrogens with zero attached hydrogens (tertiary/aromatic N) is 1. The van der Waals surface area contributed by atoms with E-state index in [9.17, 15) is 0 Å². The Labute approximate surface area is 84.4 Å². The summed E-state index contributed by atoms with van der Waals surface area (Å²) in [7, 11) is 0. The van der Waals surface area contributed by atoms with Gasteiger partial charge in [0, 0.05) is 17.1 Å². The minimum Gasteiger partial charge on any atom is -0.304 e. The van der Waals surface area contributed by atoms with Crippen LogP contribution < -0.4 is 5.32 Å². The largest absolute Gasteiger partial charge is 0.304 e. The minimum atomic E-state index is -0.00685. The summed E-state index contributed by atoms with van der Waals surface area (Å²) < 4.78 is 0. The Balaban J connectivity index is 2.80. The first-order valence-electron chi connectivity index (χ1n) is 4.62.